The van der Waals surface area contributed by atoms with Gasteiger partial charge in [0, 0.05) is 6.42 Å². The van der Waals surface area contributed by atoms with Crippen LogP contribution in [0.4, 0.5) is 0 Å². The highest BCUT2D eigenvalue weighted by atomic mass is 16.5. The van der Waals surface area contributed by atoms with Gasteiger partial charge in [0.2, 0.25) is 0 Å². The molecule has 0 aliphatic carbocycles. The molecule has 98 valence electrons. The summed E-state index contributed by atoms with van der Waals surface area (Å²) in [6.07, 6.45) is 0.606. The van der Waals surface area contributed by atoms with Crippen LogP contribution in [-0.4, -0.2) is 12.0 Å². The molecule has 0 aliphatic heterocycles. The second-order valence-corrected chi connectivity index (χ2v) is 4.48. The average Bonchev–Trinajstić information content (AvgIpc) is 2.47. The minimum atomic E-state index is -0.369. The fourth-order valence-electron chi connectivity index (χ4n) is 1.83. The van der Waals surface area contributed by atoms with Gasteiger partial charge in [-0.05, 0) is 11.1 Å². The van der Waals surface area contributed by atoms with Crippen LogP contribution in [0, 0.1) is 0 Å². The third kappa shape index (κ3) is 4.23. The van der Waals surface area contributed by atoms with E-state index in [0.717, 1.165) is 11.1 Å². The molecule has 0 aliphatic rings. The standard InChI is InChI=1S/C16H17NO2/c17-15(11-13-7-3-1-4-8-13)16(18)19-12-14-9-5-2-6-10-14/h1-10,15H,11-12,17H2/p+1/t15-/m0/s1. The van der Waals surface area contributed by atoms with Gasteiger partial charge in [-0.3, -0.25) is 0 Å². The molecule has 3 N–H and O–H groups in total. The van der Waals surface area contributed by atoms with E-state index < -0.39 is 0 Å². The van der Waals surface area contributed by atoms with Gasteiger partial charge in [-0.1, -0.05) is 60.7 Å². The Hall–Kier alpha value is -2.13. The van der Waals surface area contributed by atoms with Gasteiger partial charge in [-0.25, -0.2) is 4.79 Å². The number of hydrogen-bond donors (Lipinski definition) is 1. The molecule has 0 unspecified atom stereocenters. The zero-order valence-corrected chi connectivity index (χ0v) is 10.8. The van der Waals surface area contributed by atoms with Gasteiger partial charge in [0.05, 0.1) is 0 Å². The molecule has 0 bridgehead atoms. The second-order valence-electron chi connectivity index (χ2n) is 4.48. The topological polar surface area (TPSA) is 53.9 Å². The fourth-order valence-corrected chi connectivity index (χ4v) is 1.83. The summed E-state index contributed by atoms with van der Waals surface area (Å²) in [6, 6.07) is 19.1. The Bertz CT molecular complexity index is 511. The van der Waals surface area contributed by atoms with Crippen LogP contribution in [0.5, 0.6) is 0 Å². The molecule has 0 amide bonds. The SMILES string of the molecule is [NH3+][C@@H](Cc1ccccc1)C(=O)OCc1ccccc1. The number of ether oxygens (including phenoxy) is 1. The smallest absolute Gasteiger partial charge is 0.365 e. The van der Waals surface area contributed by atoms with Crippen molar-refractivity contribution in [3.8, 4) is 0 Å². The lowest BCUT2D eigenvalue weighted by molar-refractivity contribution is -0.408. The van der Waals surface area contributed by atoms with Gasteiger partial charge in [-0.15, -0.1) is 0 Å². The first-order valence-corrected chi connectivity index (χ1v) is 6.33. The Labute approximate surface area is 113 Å². The summed E-state index contributed by atoms with van der Waals surface area (Å²) in [6.45, 7) is 0.306. The van der Waals surface area contributed by atoms with E-state index in [9.17, 15) is 4.79 Å². The lowest BCUT2D eigenvalue weighted by Crippen LogP contribution is -2.66. The molecular formula is C16H18NO2+. The summed E-state index contributed by atoms with van der Waals surface area (Å²) in [5.41, 5.74) is 5.96. The number of quaternary nitrogens is 1. The summed E-state index contributed by atoms with van der Waals surface area (Å²) in [5.74, 6) is -0.257. The first-order valence-electron chi connectivity index (χ1n) is 6.33. The van der Waals surface area contributed by atoms with E-state index in [-0.39, 0.29) is 12.0 Å². The second kappa shape index (κ2) is 6.71. The highest BCUT2D eigenvalue weighted by molar-refractivity contribution is 5.74. The maximum atomic E-state index is 11.8. The Morgan fingerprint density at radius 2 is 1.47 bits per heavy atom. The third-order valence-electron chi connectivity index (χ3n) is 2.88. The van der Waals surface area contributed by atoms with Gasteiger partial charge in [0.1, 0.15) is 6.61 Å². The molecule has 0 fully saturated rings. The number of esters is 1. The van der Waals surface area contributed by atoms with Crippen LogP contribution >= 0.6 is 0 Å². The number of benzene rings is 2. The largest absolute Gasteiger partial charge is 0.456 e. The Balaban J connectivity index is 1.83. The van der Waals surface area contributed by atoms with Crippen molar-refractivity contribution in [2.24, 2.45) is 0 Å². The summed E-state index contributed by atoms with van der Waals surface area (Å²) in [4.78, 5) is 11.8. The molecule has 0 heterocycles. The van der Waals surface area contributed by atoms with Crippen molar-refractivity contribution in [1.29, 1.82) is 0 Å². The van der Waals surface area contributed by atoms with Crippen LogP contribution in [0.15, 0.2) is 60.7 Å². The van der Waals surface area contributed by atoms with Crippen LogP contribution < -0.4 is 5.73 Å². The van der Waals surface area contributed by atoms with Gasteiger partial charge in [-0.2, -0.15) is 0 Å². The molecule has 2 aromatic carbocycles. The molecule has 3 heteroatoms. The van der Waals surface area contributed by atoms with Crippen molar-refractivity contribution in [2.75, 3.05) is 0 Å². The number of hydrogen-bond acceptors (Lipinski definition) is 2. The Kier molecular flexibility index (Phi) is 4.70. The molecule has 1 atom stereocenters. The van der Waals surface area contributed by atoms with Gasteiger partial charge in [0.15, 0.2) is 6.04 Å². The van der Waals surface area contributed by atoms with Gasteiger partial charge < -0.3 is 10.5 Å². The van der Waals surface area contributed by atoms with Crippen molar-refractivity contribution >= 4 is 5.97 Å². The summed E-state index contributed by atoms with van der Waals surface area (Å²) in [7, 11) is 0. The molecular weight excluding hydrogens is 238 g/mol. The molecule has 0 spiro atoms. The first-order chi connectivity index (χ1) is 9.25. The highest BCUT2D eigenvalue weighted by Crippen LogP contribution is 2.04. The quantitative estimate of drug-likeness (QED) is 0.826. The van der Waals surface area contributed by atoms with Crippen molar-refractivity contribution < 1.29 is 15.3 Å². The van der Waals surface area contributed by atoms with E-state index in [1.54, 1.807) is 0 Å². The maximum Gasteiger partial charge on any atom is 0.365 e. The van der Waals surface area contributed by atoms with E-state index in [0.29, 0.717) is 13.0 Å². The third-order valence-corrected chi connectivity index (χ3v) is 2.88. The molecule has 0 aromatic heterocycles. The summed E-state index contributed by atoms with van der Waals surface area (Å²) >= 11 is 0. The Morgan fingerprint density at radius 3 is 2.05 bits per heavy atom. The van der Waals surface area contributed by atoms with Crippen LogP contribution in [0.2, 0.25) is 0 Å². The fraction of sp³-hybridized carbons (Fsp3) is 0.188. The van der Waals surface area contributed by atoms with E-state index in [1.807, 2.05) is 60.7 Å². The van der Waals surface area contributed by atoms with Crippen molar-refractivity contribution in [2.45, 2.75) is 19.1 Å². The molecule has 2 aromatic rings. The lowest BCUT2D eigenvalue weighted by atomic mass is 10.1. The minimum absolute atomic E-state index is 0.257. The zero-order valence-electron chi connectivity index (χ0n) is 10.8. The molecule has 19 heavy (non-hydrogen) atoms. The molecule has 3 nitrogen and oxygen atoms in total. The lowest BCUT2D eigenvalue weighted by Gasteiger charge is -2.09. The average molecular weight is 256 g/mol. The van der Waals surface area contributed by atoms with E-state index >= 15 is 0 Å². The molecule has 0 saturated heterocycles. The van der Waals surface area contributed by atoms with Crippen molar-refractivity contribution in [3.63, 3.8) is 0 Å². The molecule has 0 saturated carbocycles. The number of rotatable bonds is 5. The Morgan fingerprint density at radius 1 is 0.947 bits per heavy atom. The van der Waals surface area contributed by atoms with Crippen molar-refractivity contribution in [3.05, 3.63) is 71.8 Å². The summed E-state index contributed by atoms with van der Waals surface area (Å²) in [5, 5.41) is 0. The molecule has 0 radical (unpaired) electrons. The van der Waals surface area contributed by atoms with Crippen LogP contribution in [0.1, 0.15) is 11.1 Å². The summed E-state index contributed by atoms with van der Waals surface area (Å²) < 4.78 is 5.26. The van der Waals surface area contributed by atoms with E-state index in [1.165, 1.54) is 0 Å². The first kappa shape index (κ1) is 13.3. The van der Waals surface area contributed by atoms with Gasteiger partial charge >= 0.3 is 5.97 Å². The normalized spacial score (nSPS) is 11.8. The number of carbonyl (C=O) groups excluding carboxylic acids is 1. The molecule has 2 rings (SSSR count). The predicted octanol–water partition coefficient (Wildman–Crippen LogP) is 1.58. The monoisotopic (exact) mass is 256 g/mol. The van der Waals surface area contributed by atoms with Crippen LogP contribution in [-0.2, 0) is 22.6 Å². The number of carbonyl (C=O) groups is 1. The maximum absolute atomic E-state index is 11.8. The van der Waals surface area contributed by atoms with Gasteiger partial charge in [0.25, 0.3) is 0 Å². The van der Waals surface area contributed by atoms with Crippen molar-refractivity contribution in [1.82, 2.24) is 0 Å². The predicted molar refractivity (Wildman–Crippen MR) is 73.1 cm³/mol. The minimum Gasteiger partial charge on any atom is -0.456 e. The van der Waals surface area contributed by atoms with Crippen LogP contribution in [0.3, 0.4) is 0 Å². The highest BCUT2D eigenvalue weighted by Gasteiger charge is 2.19. The zero-order chi connectivity index (χ0) is 13.5. The van der Waals surface area contributed by atoms with E-state index in [2.05, 4.69) is 5.73 Å². The van der Waals surface area contributed by atoms with Crippen LogP contribution in [0.25, 0.3) is 0 Å². The van der Waals surface area contributed by atoms with E-state index in [4.69, 9.17) is 4.74 Å².